The van der Waals surface area contributed by atoms with Crippen LogP contribution in [0.25, 0.3) is 22.4 Å². The first-order chi connectivity index (χ1) is 9.68. The van der Waals surface area contributed by atoms with Gasteiger partial charge in [-0.15, -0.1) is 0 Å². The minimum atomic E-state index is 0.338. The third-order valence-corrected chi connectivity index (χ3v) is 4.16. The van der Waals surface area contributed by atoms with Crippen molar-refractivity contribution in [1.29, 1.82) is 0 Å². The molecule has 0 bridgehead atoms. The molecule has 0 amide bonds. The minimum Gasteiger partial charge on any atom is -0.367 e. The lowest BCUT2D eigenvalue weighted by atomic mass is 9.98. The molecule has 20 heavy (non-hydrogen) atoms. The third-order valence-electron chi connectivity index (χ3n) is 3.30. The normalized spacial score (nSPS) is 10.7. The van der Waals surface area contributed by atoms with Gasteiger partial charge in [0.1, 0.15) is 5.69 Å². The fourth-order valence-corrected chi connectivity index (χ4v) is 2.60. The molecule has 100 valence electrons. The summed E-state index contributed by atoms with van der Waals surface area (Å²) in [5, 5.41) is 4.14. The summed E-state index contributed by atoms with van der Waals surface area (Å²) < 4.78 is 6.25. The number of hydrogen-bond acceptors (Lipinski definition) is 3. The first kappa shape index (κ1) is 12.9. The molecule has 3 nitrogen and oxygen atoms in total. The Kier molecular flexibility index (Phi) is 3.32. The van der Waals surface area contributed by atoms with Crippen LogP contribution in [0, 0.1) is 6.92 Å². The molecule has 4 heteroatoms. The number of benzene rings is 2. The monoisotopic (exact) mass is 328 g/mol. The smallest absolute Gasteiger partial charge is 0.230 e. The zero-order chi connectivity index (χ0) is 14.1. The van der Waals surface area contributed by atoms with Crippen LogP contribution in [0.2, 0.25) is 0 Å². The fourth-order valence-electron chi connectivity index (χ4n) is 2.23. The van der Waals surface area contributed by atoms with E-state index in [1.807, 2.05) is 55.5 Å². The van der Waals surface area contributed by atoms with Crippen molar-refractivity contribution >= 4 is 21.8 Å². The highest BCUT2D eigenvalue weighted by Gasteiger charge is 2.19. The Balaban J connectivity index is 2.24. The Labute approximate surface area is 125 Å². The zero-order valence-electron chi connectivity index (χ0n) is 10.9. The second-order valence-electron chi connectivity index (χ2n) is 4.55. The number of hydrogen-bond donors (Lipinski definition) is 1. The molecule has 3 rings (SSSR count). The molecule has 0 aliphatic carbocycles. The number of nitrogens with zero attached hydrogens (tertiary/aromatic N) is 1. The van der Waals surface area contributed by atoms with Gasteiger partial charge < -0.3 is 10.3 Å². The standard InChI is InChI=1S/C16H13BrN2O/c1-10-12(8-5-9-13(10)17)15-14(16(18)20-19-15)11-6-3-2-4-7-11/h2-9H,18H2,1H3. The molecular formula is C16H13BrN2O. The molecule has 0 aliphatic rings. The summed E-state index contributed by atoms with van der Waals surface area (Å²) in [6, 6.07) is 15.9. The topological polar surface area (TPSA) is 52.0 Å². The molecule has 0 radical (unpaired) electrons. The third kappa shape index (κ3) is 2.12. The van der Waals surface area contributed by atoms with Gasteiger partial charge in [0.05, 0.1) is 5.56 Å². The Bertz CT molecular complexity index is 750. The van der Waals surface area contributed by atoms with Gasteiger partial charge in [-0.25, -0.2) is 0 Å². The van der Waals surface area contributed by atoms with E-state index in [9.17, 15) is 0 Å². The maximum Gasteiger partial charge on any atom is 0.230 e. The molecule has 0 aliphatic heterocycles. The van der Waals surface area contributed by atoms with E-state index in [1.54, 1.807) is 0 Å². The molecule has 2 aromatic carbocycles. The molecule has 0 saturated heterocycles. The van der Waals surface area contributed by atoms with E-state index in [2.05, 4.69) is 21.1 Å². The van der Waals surface area contributed by atoms with Crippen LogP contribution < -0.4 is 5.73 Å². The second-order valence-corrected chi connectivity index (χ2v) is 5.40. The maximum absolute atomic E-state index is 5.96. The predicted molar refractivity (Wildman–Crippen MR) is 84.2 cm³/mol. The van der Waals surface area contributed by atoms with Crippen molar-refractivity contribution in [2.45, 2.75) is 6.92 Å². The van der Waals surface area contributed by atoms with Crippen LogP contribution in [0.15, 0.2) is 57.5 Å². The van der Waals surface area contributed by atoms with E-state index in [4.69, 9.17) is 10.3 Å². The van der Waals surface area contributed by atoms with Gasteiger partial charge in [-0.05, 0) is 24.1 Å². The van der Waals surface area contributed by atoms with Crippen LogP contribution in [0.5, 0.6) is 0 Å². The van der Waals surface area contributed by atoms with E-state index >= 15 is 0 Å². The van der Waals surface area contributed by atoms with Crippen LogP contribution in [0.1, 0.15) is 5.56 Å². The fraction of sp³-hybridized carbons (Fsp3) is 0.0625. The van der Waals surface area contributed by atoms with Crippen molar-refractivity contribution in [3.8, 4) is 22.4 Å². The van der Waals surface area contributed by atoms with Crippen LogP contribution in [-0.2, 0) is 0 Å². The lowest BCUT2D eigenvalue weighted by Crippen LogP contribution is -1.90. The lowest BCUT2D eigenvalue weighted by Gasteiger charge is -2.07. The highest BCUT2D eigenvalue weighted by molar-refractivity contribution is 9.10. The van der Waals surface area contributed by atoms with Gasteiger partial charge in [-0.3, -0.25) is 0 Å². The SMILES string of the molecule is Cc1c(Br)cccc1-c1noc(N)c1-c1ccccc1. The van der Waals surface area contributed by atoms with Crippen molar-refractivity contribution in [3.05, 3.63) is 58.6 Å². The number of halogens is 1. The Morgan fingerprint density at radius 3 is 2.55 bits per heavy atom. The number of rotatable bonds is 2. The highest BCUT2D eigenvalue weighted by atomic mass is 79.9. The van der Waals surface area contributed by atoms with Crippen LogP contribution in [0.4, 0.5) is 5.88 Å². The van der Waals surface area contributed by atoms with E-state index in [-0.39, 0.29) is 0 Å². The first-order valence-electron chi connectivity index (χ1n) is 6.24. The van der Waals surface area contributed by atoms with E-state index in [0.29, 0.717) is 5.88 Å². The molecular weight excluding hydrogens is 316 g/mol. The van der Waals surface area contributed by atoms with Crippen molar-refractivity contribution in [3.63, 3.8) is 0 Å². The van der Waals surface area contributed by atoms with Crippen molar-refractivity contribution in [2.75, 3.05) is 5.73 Å². The summed E-state index contributed by atoms with van der Waals surface area (Å²) in [5.74, 6) is 0.338. The molecule has 2 N–H and O–H groups in total. The summed E-state index contributed by atoms with van der Waals surface area (Å²) >= 11 is 3.54. The largest absolute Gasteiger partial charge is 0.367 e. The Hall–Kier alpha value is -2.07. The van der Waals surface area contributed by atoms with Gasteiger partial charge in [0.2, 0.25) is 5.88 Å². The van der Waals surface area contributed by atoms with Crippen molar-refractivity contribution in [2.24, 2.45) is 0 Å². The Morgan fingerprint density at radius 1 is 1.05 bits per heavy atom. The van der Waals surface area contributed by atoms with E-state index < -0.39 is 0 Å². The molecule has 1 aromatic heterocycles. The molecule has 1 heterocycles. The number of nitrogens with two attached hydrogens (primary N) is 1. The second kappa shape index (κ2) is 5.13. The summed E-state index contributed by atoms with van der Waals surface area (Å²) in [4.78, 5) is 0. The van der Waals surface area contributed by atoms with Gasteiger partial charge in [-0.1, -0.05) is 63.6 Å². The van der Waals surface area contributed by atoms with Crippen LogP contribution >= 0.6 is 15.9 Å². The van der Waals surface area contributed by atoms with Gasteiger partial charge in [0.15, 0.2) is 0 Å². The van der Waals surface area contributed by atoms with Crippen LogP contribution in [0.3, 0.4) is 0 Å². The van der Waals surface area contributed by atoms with Crippen LogP contribution in [-0.4, -0.2) is 5.16 Å². The predicted octanol–water partition coefficient (Wildman–Crippen LogP) is 4.66. The van der Waals surface area contributed by atoms with E-state index in [1.165, 1.54) is 0 Å². The van der Waals surface area contributed by atoms with Gasteiger partial charge >= 0.3 is 0 Å². The number of anilines is 1. The van der Waals surface area contributed by atoms with Crippen molar-refractivity contribution < 1.29 is 4.52 Å². The number of aromatic nitrogens is 1. The van der Waals surface area contributed by atoms with Crippen molar-refractivity contribution in [1.82, 2.24) is 5.16 Å². The highest BCUT2D eigenvalue weighted by Crippen LogP contribution is 2.38. The maximum atomic E-state index is 5.96. The summed E-state index contributed by atoms with van der Waals surface area (Å²) in [6.45, 7) is 2.04. The molecule has 0 saturated carbocycles. The zero-order valence-corrected chi connectivity index (χ0v) is 12.5. The summed E-state index contributed by atoms with van der Waals surface area (Å²) in [5.41, 5.74) is 10.7. The average molecular weight is 329 g/mol. The summed E-state index contributed by atoms with van der Waals surface area (Å²) in [6.07, 6.45) is 0. The molecule has 3 aromatic rings. The molecule has 0 spiro atoms. The van der Waals surface area contributed by atoms with E-state index in [0.717, 1.165) is 32.4 Å². The first-order valence-corrected chi connectivity index (χ1v) is 7.04. The van der Waals surface area contributed by atoms with Gasteiger partial charge in [-0.2, -0.15) is 0 Å². The quantitative estimate of drug-likeness (QED) is 0.744. The minimum absolute atomic E-state index is 0.338. The average Bonchev–Trinajstić information content (AvgIpc) is 2.84. The summed E-state index contributed by atoms with van der Waals surface area (Å²) in [7, 11) is 0. The Morgan fingerprint density at radius 2 is 1.80 bits per heavy atom. The van der Waals surface area contributed by atoms with Gasteiger partial charge in [0, 0.05) is 10.0 Å². The molecule has 0 atom stereocenters. The number of nitrogen functional groups attached to an aromatic ring is 1. The van der Waals surface area contributed by atoms with Gasteiger partial charge in [0.25, 0.3) is 0 Å². The lowest BCUT2D eigenvalue weighted by molar-refractivity contribution is 0.439. The molecule has 0 unspecified atom stereocenters. The molecule has 0 fully saturated rings.